The molecule has 0 saturated carbocycles. The molecule has 0 fully saturated rings. The van der Waals surface area contributed by atoms with Gasteiger partial charge in [0.05, 0.1) is 30.2 Å². The predicted octanol–water partition coefficient (Wildman–Crippen LogP) is 2.97. The summed E-state index contributed by atoms with van der Waals surface area (Å²) in [6.45, 7) is 2.58. The summed E-state index contributed by atoms with van der Waals surface area (Å²) in [5.74, 6) is -0.169. The Morgan fingerprint density at radius 3 is 2.67 bits per heavy atom. The second kappa shape index (κ2) is 5.69. The normalized spacial score (nSPS) is 18.2. The second-order valence-electron chi connectivity index (χ2n) is 4.91. The number of anilines is 1. The Labute approximate surface area is 127 Å². The van der Waals surface area contributed by atoms with Crippen LogP contribution in [0.3, 0.4) is 0 Å². The summed E-state index contributed by atoms with van der Waals surface area (Å²) in [4.78, 5) is 16.5. The first-order valence-electron chi connectivity index (χ1n) is 6.81. The van der Waals surface area contributed by atoms with E-state index in [1.807, 2.05) is 17.7 Å². The van der Waals surface area contributed by atoms with Gasteiger partial charge in [0.2, 0.25) is 0 Å². The van der Waals surface area contributed by atoms with Crippen molar-refractivity contribution in [3.8, 4) is 0 Å². The van der Waals surface area contributed by atoms with Crippen molar-refractivity contribution in [3.63, 3.8) is 0 Å². The van der Waals surface area contributed by atoms with Crippen molar-refractivity contribution in [3.05, 3.63) is 48.0 Å². The Kier molecular flexibility index (Phi) is 3.75. The van der Waals surface area contributed by atoms with E-state index >= 15 is 0 Å². The third-order valence-corrected chi connectivity index (χ3v) is 3.77. The fraction of sp³-hybridized carbons (Fsp3) is 0.267. The minimum absolute atomic E-state index is 0.00920. The van der Waals surface area contributed by atoms with Gasteiger partial charge in [-0.05, 0) is 30.7 Å². The van der Waals surface area contributed by atoms with E-state index in [0.29, 0.717) is 11.6 Å². The third kappa shape index (κ3) is 2.69. The standard InChI is InChI=1S/C15H15ClN4O/c1-2-13-14(9-19-8-7-17-10-19)18-20(15(13)21)12-5-3-11(16)4-6-12/h3-8,10,13H,2,9H2,1H3. The van der Waals surface area contributed by atoms with E-state index in [1.54, 1.807) is 36.8 Å². The van der Waals surface area contributed by atoms with E-state index in [-0.39, 0.29) is 11.8 Å². The lowest BCUT2D eigenvalue weighted by atomic mass is 10.0. The second-order valence-corrected chi connectivity index (χ2v) is 5.35. The van der Waals surface area contributed by atoms with Gasteiger partial charge < -0.3 is 4.57 Å². The van der Waals surface area contributed by atoms with E-state index in [0.717, 1.165) is 17.8 Å². The minimum Gasteiger partial charge on any atom is -0.332 e. The van der Waals surface area contributed by atoms with E-state index < -0.39 is 0 Å². The molecule has 108 valence electrons. The van der Waals surface area contributed by atoms with Crippen LogP contribution in [0.15, 0.2) is 48.1 Å². The summed E-state index contributed by atoms with van der Waals surface area (Å²) in [5.41, 5.74) is 1.60. The lowest BCUT2D eigenvalue weighted by Crippen LogP contribution is -2.27. The number of hydrogen-bond donors (Lipinski definition) is 0. The molecule has 1 aromatic heterocycles. The molecule has 3 rings (SSSR count). The topological polar surface area (TPSA) is 50.5 Å². The van der Waals surface area contributed by atoms with Gasteiger partial charge in [0.1, 0.15) is 0 Å². The zero-order valence-corrected chi connectivity index (χ0v) is 12.4. The number of imidazole rings is 1. The molecule has 5 nitrogen and oxygen atoms in total. The number of nitrogens with zero attached hydrogens (tertiary/aromatic N) is 4. The fourth-order valence-electron chi connectivity index (χ4n) is 2.42. The number of carbonyl (C=O) groups excluding carboxylic acids is 1. The molecule has 1 aliphatic heterocycles. The first kappa shape index (κ1) is 13.8. The lowest BCUT2D eigenvalue weighted by Gasteiger charge is -2.13. The van der Waals surface area contributed by atoms with Crippen molar-refractivity contribution < 1.29 is 4.79 Å². The molecule has 6 heteroatoms. The van der Waals surface area contributed by atoms with E-state index in [4.69, 9.17) is 11.6 Å². The maximum absolute atomic E-state index is 12.5. The van der Waals surface area contributed by atoms with Crippen LogP contribution in [0.4, 0.5) is 5.69 Å². The zero-order chi connectivity index (χ0) is 14.8. The van der Waals surface area contributed by atoms with Gasteiger partial charge >= 0.3 is 0 Å². The summed E-state index contributed by atoms with van der Waals surface area (Å²) >= 11 is 5.88. The predicted molar refractivity (Wildman–Crippen MR) is 82.4 cm³/mol. The van der Waals surface area contributed by atoms with E-state index in [2.05, 4.69) is 10.1 Å². The molecule has 2 heterocycles. The van der Waals surface area contributed by atoms with Gasteiger partial charge in [0.15, 0.2) is 0 Å². The van der Waals surface area contributed by atoms with Crippen molar-refractivity contribution in [2.24, 2.45) is 11.0 Å². The monoisotopic (exact) mass is 302 g/mol. The van der Waals surface area contributed by atoms with Crippen LogP contribution in [0.5, 0.6) is 0 Å². The smallest absolute Gasteiger partial charge is 0.256 e. The molecule has 1 atom stereocenters. The first-order chi connectivity index (χ1) is 10.2. The highest BCUT2D eigenvalue weighted by atomic mass is 35.5. The summed E-state index contributed by atoms with van der Waals surface area (Å²) in [5, 5.41) is 6.61. The molecule has 1 aromatic carbocycles. The quantitative estimate of drug-likeness (QED) is 0.872. The lowest BCUT2D eigenvalue weighted by molar-refractivity contribution is -0.119. The largest absolute Gasteiger partial charge is 0.332 e. The highest BCUT2D eigenvalue weighted by molar-refractivity contribution is 6.30. The van der Waals surface area contributed by atoms with Gasteiger partial charge in [-0.2, -0.15) is 5.10 Å². The highest BCUT2D eigenvalue weighted by Gasteiger charge is 2.35. The van der Waals surface area contributed by atoms with Crippen molar-refractivity contribution >= 4 is 28.9 Å². The third-order valence-electron chi connectivity index (χ3n) is 3.52. The summed E-state index contributed by atoms with van der Waals surface area (Å²) < 4.78 is 1.92. The van der Waals surface area contributed by atoms with Crippen LogP contribution < -0.4 is 5.01 Å². The molecule has 0 saturated heterocycles. The van der Waals surface area contributed by atoms with Crippen molar-refractivity contribution in [1.82, 2.24) is 9.55 Å². The molecule has 0 spiro atoms. The van der Waals surface area contributed by atoms with E-state index in [1.165, 1.54) is 5.01 Å². The average molecular weight is 303 g/mol. The first-order valence-corrected chi connectivity index (χ1v) is 7.19. The van der Waals surface area contributed by atoms with Crippen LogP contribution in [-0.2, 0) is 11.3 Å². The van der Waals surface area contributed by atoms with Crippen LogP contribution in [-0.4, -0.2) is 21.2 Å². The number of halogens is 1. The molecule has 1 aliphatic rings. The molecular weight excluding hydrogens is 288 g/mol. The maximum Gasteiger partial charge on any atom is 0.256 e. The molecule has 1 amide bonds. The molecule has 1 unspecified atom stereocenters. The molecule has 0 N–H and O–H groups in total. The molecule has 0 bridgehead atoms. The van der Waals surface area contributed by atoms with Gasteiger partial charge in [0.25, 0.3) is 5.91 Å². The minimum atomic E-state index is -0.178. The Hall–Kier alpha value is -2.14. The number of benzene rings is 1. The van der Waals surface area contributed by atoms with Gasteiger partial charge in [-0.25, -0.2) is 9.99 Å². The number of amides is 1. The van der Waals surface area contributed by atoms with Crippen LogP contribution in [0.25, 0.3) is 0 Å². The number of aromatic nitrogens is 2. The van der Waals surface area contributed by atoms with Gasteiger partial charge in [0, 0.05) is 17.4 Å². The Balaban J connectivity index is 1.89. The molecule has 21 heavy (non-hydrogen) atoms. The Morgan fingerprint density at radius 1 is 1.29 bits per heavy atom. The Morgan fingerprint density at radius 2 is 2.05 bits per heavy atom. The van der Waals surface area contributed by atoms with Crippen LogP contribution in [0, 0.1) is 5.92 Å². The van der Waals surface area contributed by atoms with Crippen molar-refractivity contribution in [2.75, 3.05) is 5.01 Å². The molecule has 0 radical (unpaired) electrons. The number of carbonyl (C=O) groups is 1. The van der Waals surface area contributed by atoms with Crippen LogP contribution in [0.1, 0.15) is 13.3 Å². The molecular formula is C15H15ClN4O. The SMILES string of the molecule is CCC1C(=O)N(c2ccc(Cl)cc2)N=C1Cn1ccnc1. The highest BCUT2D eigenvalue weighted by Crippen LogP contribution is 2.27. The van der Waals surface area contributed by atoms with Crippen LogP contribution >= 0.6 is 11.6 Å². The number of hydrazone groups is 1. The number of hydrogen-bond acceptors (Lipinski definition) is 3. The van der Waals surface area contributed by atoms with Gasteiger partial charge in [-0.1, -0.05) is 18.5 Å². The molecule has 2 aromatic rings. The zero-order valence-electron chi connectivity index (χ0n) is 11.6. The van der Waals surface area contributed by atoms with Gasteiger partial charge in [-0.15, -0.1) is 0 Å². The average Bonchev–Trinajstić information content (AvgIpc) is 3.09. The Bertz CT molecular complexity index is 663. The maximum atomic E-state index is 12.5. The summed E-state index contributed by atoms with van der Waals surface area (Å²) in [6.07, 6.45) is 6.04. The molecule has 0 aliphatic carbocycles. The van der Waals surface area contributed by atoms with Gasteiger partial charge in [-0.3, -0.25) is 4.79 Å². The van der Waals surface area contributed by atoms with E-state index in [9.17, 15) is 4.79 Å². The van der Waals surface area contributed by atoms with Crippen molar-refractivity contribution in [1.29, 1.82) is 0 Å². The fourth-order valence-corrected chi connectivity index (χ4v) is 2.55. The summed E-state index contributed by atoms with van der Waals surface area (Å²) in [7, 11) is 0. The number of rotatable bonds is 4. The van der Waals surface area contributed by atoms with Crippen LogP contribution in [0.2, 0.25) is 5.02 Å². The summed E-state index contributed by atoms with van der Waals surface area (Å²) in [6, 6.07) is 7.12. The van der Waals surface area contributed by atoms with Crippen molar-refractivity contribution in [2.45, 2.75) is 19.9 Å².